The van der Waals surface area contributed by atoms with Crippen molar-refractivity contribution in [1.29, 1.82) is 0 Å². The number of benzene rings is 1. The number of nitrogens with two attached hydrogens (primary N) is 2. The van der Waals surface area contributed by atoms with Crippen LogP contribution < -0.4 is 16.4 Å². The van der Waals surface area contributed by atoms with Gasteiger partial charge in [0.25, 0.3) is 5.91 Å². The molecule has 1 aromatic carbocycles. The summed E-state index contributed by atoms with van der Waals surface area (Å²) in [6, 6.07) is 6.04. The molecule has 21 heavy (non-hydrogen) atoms. The van der Waals surface area contributed by atoms with Gasteiger partial charge in [-0.05, 0) is 57.0 Å². The van der Waals surface area contributed by atoms with Crippen LogP contribution in [0.3, 0.4) is 0 Å². The van der Waals surface area contributed by atoms with Gasteiger partial charge < -0.3 is 21.3 Å². The number of carbonyl (C=O) groups excluding carboxylic acids is 1. The molecule has 2 aliphatic rings. The monoisotopic (exact) mass is 288 g/mol. The van der Waals surface area contributed by atoms with Gasteiger partial charge in [-0.3, -0.25) is 4.79 Å². The van der Waals surface area contributed by atoms with Crippen molar-refractivity contribution in [2.75, 3.05) is 37.3 Å². The molecule has 2 atom stereocenters. The van der Waals surface area contributed by atoms with Crippen LogP contribution in [0, 0.1) is 5.92 Å². The largest absolute Gasteiger partial charge is 0.399 e. The van der Waals surface area contributed by atoms with Crippen molar-refractivity contribution < 1.29 is 4.79 Å². The van der Waals surface area contributed by atoms with Crippen LogP contribution in [0.5, 0.6) is 0 Å². The van der Waals surface area contributed by atoms with E-state index in [-0.39, 0.29) is 5.91 Å². The number of amides is 1. The molecule has 2 saturated heterocycles. The normalized spacial score (nSPS) is 26.4. The molecule has 0 aromatic heterocycles. The van der Waals surface area contributed by atoms with Crippen molar-refractivity contribution in [3.8, 4) is 0 Å². The summed E-state index contributed by atoms with van der Waals surface area (Å²) in [6.45, 7) is 3.14. The number of likely N-dealkylation sites (tertiary alicyclic amines) is 1. The summed E-state index contributed by atoms with van der Waals surface area (Å²) in [6.07, 6.45) is 3.65. The third-order valence-corrected chi connectivity index (χ3v) is 4.97. The van der Waals surface area contributed by atoms with Gasteiger partial charge in [0, 0.05) is 24.8 Å². The summed E-state index contributed by atoms with van der Waals surface area (Å²) >= 11 is 0. The molecule has 2 unspecified atom stereocenters. The standard InChI is InChI=1S/C16H24N4O/c1-19-7-2-3-11-10-20(8-6-14(11)19)15-9-12(17)4-5-13(15)16(18)21/h4-5,9,11,14H,2-3,6-8,10,17H2,1H3,(H2,18,21). The first kappa shape index (κ1) is 14.2. The van der Waals surface area contributed by atoms with Crippen LogP contribution in [0.25, 0.3) is 0 Å². The van der Waals surface area contributed by atoms with E-state index < -0.39 is 0 Å². The number of hydrogen-bond donors (Lipinski definition) is 2. The molecular formula is C16H24N4O. The molecule has 4 N–H and O–H groups in total. The van der Waals surface area contributed by atoms with Gasteiger partial charge in [0.05, 0.1) is 11.3 Å². The number of hydrogen-bond acceptors (Lipinski definition) is 4. The second-order valence-corrected chi connectivity index (χ2v) is 6.33. The second kappa shape index (κ2) is 5.56. The van der Waals surface area contributed by atoms with Gasteiger partial charge in [-0.15, -0.1) is 0 Å². The van der Waals surface area contributed by atoms with Crippen LogP contribution in [0.4, 0.5) is 11.4 Å². The summed E-state index contributed by atoms with van der Waals surface area (Å²) < 4.78 is 0. The summed E-state index contributed by atoms with van der Waals surface area (Å²) in [5.41, 5.74) is 13.6. The van der Waals surface area contributed by atoms with Crippen LogP contribution in [0.1, 0.15) is 29.6 Å². The van der Waals surface area contributed by atoms with E-state index in [9.17, 15) is 4.79 Å². The topological polar surface area (TPSA) is 75.6 Å². The predicted octanol–water partition coefficient (Wildman–Crippen LogP) is 1.29. The number of carbonyl (C=O) groups is 1. The van der Waals surface area contributed by atoms with Gasteiger partial charge in [-0.1, -0.05) is 0 Å². The zero-order valence-corrected chi connectivity index (χ0v) is 12.6. The third-order valence-electron chi connectivity index (χ3n) is 4.97. The highest BCUT2D eigenvalue weighted by atomic mass is 16.1. The lowest BCUT2D eigenvalue weighted by Crippen LogP contribution is -2.53. The van der Waals surface area contributed by atoms with Gasteiger partial charge in [0.2, 0.25) is 0 Å². The number of primary amides is 1. The van der Waals surface area contributed by atoms with Gasteiger partial charge in [-0.2, -0.15) is 0 Å². The first-order valence-electron chi connectivity index (χ1n) is 7.71. The Labute approximate surface area is 125 Å². The Morgan fingerprint density at radius 3 is 2.86 bits per heavy atom. The van der Waals surface area contributed by atoms with Gasteiger partial charge in [-0.25, -0.2) is 0 Å². The lowest BCUT2D eigenvalue weighted by atomic mass is 9.84. The van der Waals surface area contributed by atoms with E-state index in [1.807, 2.05) is 6.07 Å². The van der Waals surface area contributed by atoms with Crippen LogP contribution in [0.2, 0.25) is 0 Å². The van der Waals surface area contributed by atoms with E-state index in [0.29, 0.717) is 23.2 Å². The highest BCUT2D eigenvalue weighted by molar-refractivity contribution is 5.99. The van der Waals surface area contributed by atoms with Crippen LogP contribution >= 0.6 is 0 Å². The lowest BCUT2D eigenvalue weighted by molar-refractivity contribution is 0.0991. The van der Waals surface area contributed by atoms with E-state index in [2.05, 4.69) is 16.8 Å². The molecule has 5 heteroatoms. The fourth-order valence-electron chi connectivity index (χ4n) is 3.89. The van der Waals surface area contributed by atoms with E-state index in [1.54, 1.807) is 12.1 Å². The Bertz CT molecular complexity index is 545. The number of anilines is 2. The predicted molar refractivity (Wildman–Crippen MR) is 85.3 cm³/mol. The molecule has 0 aliphatic carbocycles. The van der Waals surface area contributed by atoms with Crippen molar-refractivity contribution >= 4 is 17.3 Å². The van der Waals surface area contributed by atoms with E-state index in [0.717, 1.165) is 25.2 Å². The SMILES string of the molecule is CN1CCCC2CN(c3cc(N)ccc3C(N)=O)CCC21. The van der Waals surface area contributed by atoms with Crippen molar-refractivity contribution in [2.45, 2.75) is 25.3 Å². The summed E-state index contributed by atoms with van der Waals surface area (Å²) in [7, 11) is 2.22. The second-order valence-electron chi connectivity index (χ2n) is 6.33. The number of rotatable bonds is 2. The number of fused-ring (bicyclic) bond motifs is 1. The van der Waals surface area contributed by atoms with Crippen LogP contribution in [-0.2, 0) is 0 Å². The Hall–Kier alpha value is -1.75. The first-order valence-corrected chi connectivity index (χ1v) is 7.71. The number of nitrogen functional groups attached to an aromatic ring is 1. The summed E-state index contributed by atoms with van der Waals surface area (Å²) in [4.78, 5) is 16.4. The minimum Gasteiger partial charge on any atom is -0.399 e. The maximum atomic E-state index is 11.7. The minimum absolute atomic E-state index is 0.382. The van der Waals surface area contributed by atoms with Gasteiger partial charge in [0.1, 0.15) is 0 Å². The Kier molecular flexibility index (Phi) is 3.76. The molecule has 1 aromatic rings. The van der Waals surface area contributed by atoms with Crippen molar-refractivity contribution in [2.24, 2.45) is 11.7 Å². The highest BCUT2D eigenvalue weighted by Crippen LogP contribution is 2.33. The fourth-order valence-corrected chi connectivity index (χ4v) is 3.89. The quantitative estimate of drug-likeness (QED) is 0.804. The van der Waals surface area contributed by atoms with Gasteiger partial charge in [0.15, 0.2) is 0 Å². The molecule has 0 saturated carbocycles. The number of nitrogens with zero attached hydrogens (tertiary/aromatic N) is 2. The summed E-state index contributed by atoms with van der Waals surface area (Å²) in [5, 5.41) is 0. The molecular weight excluding hydrogens is 264 g/mol. The molecule has 0 radical (unpaired) electrons. The molecule has 0 spiro atoms. The van der Waals surface area contributed by atoms with E-state index in [1.165, 1.54) is 19.4 Å². The molecule has 114 valence electrons. The Morgan fingerprint density at radius 2 is 2.10 bits per heavy atom. The van der Waals surface area contributed by atoms with Gasteiger partial charge >= 0.3 is 0 Å². The van der Waals surface area contributed by atoms with Crippen LogP contribution in [-0.4, -0.2) is 43.5 Å². The number of piperidine rings is 2. The summed E-state index contributed by atoms with van der Waals surface area (Å²) in [5.74, 6) is 0.285. The van der Waals surface area contributed by atoms with E-state index >= 15 is 0 Å². The zero-order chi connectivity index (χ0) is 15.0. The molecule has 0 bridgehead atoms. The maximum absolute atomic E-state index is 11.7. The fraction of sp³-hybridized carbons (Fsp3) is 0.562. The molecule has 3 rings (SSSR count). The van der Waals surface area contributed by atoms with Crippen molar-refractivity contribution in [3.05, 3.63) is 23.8 Å². The minimum atomic E-state index is -0.382. The van der Waals surface area contributed by atoms with Crippen molar-refractivity contribution in [1.82, 2.24) is 4.90 Å². The molecule has 1 amide bonds. The molecule has 2 fully saturated rings. The Balaban J connectivity index is 1.85. The molecule has 5 nitrogen and oxygen atoms in total. The highest BCUT2D eigenvalue weighted by Gasteiger charge is 2.35. The molecule has 2 heterocycles. The smallest absolute Gasteiger partial charge is 0.250 e. The van der Waals surface area contributed by atoms with Crippen molar-refractivity contribution in [3.63, 3.8) is 0 Å². The van der Waals surface area contributed by atoms with E-state index in [4.69, 9.17) is 11.5 Å². The lowest BCUT2D eigenvalue weighted by Gasteiger charge is -2.47. The molecule has 2 aliphatic heterocycles. The Morgan fingerprint density at radius 1 is 1.29 bits per heavy atom. The third kappa shape index (κ3) is 2.70. The average Bonchev–Trinajstić information content (AvgIpc) is 2.46. The average molecular weight is 288 g/mol. The van der Waals surface area contributed by atoms with Crippen LogP contribution in [0.15, 0.2) is 18.2 Å². The zero-order valence-electron chi connectivity index (χ0n) is 12.6. The first-order chi connectivity index (χ1) is 10.1. The maximum Gasteiger partial charge on any atom is 0.250 e.